The average molecular weight is 476 g/mol. The standard InChI is InChI=1S/C24H33N3O5S/c1-15-17(13-25-14-18(28)32-23(2,3)4)33-21-19(15)20(29)27(22(30)26(21)9-10-31-5)16-11-24(12-16)7-6-8-24/h13,16H,6-12,14H2,1-5H3. The molecule has 1 spiro atoms. The molecular weight excluding hydrogens is 442 g/mol. The fourth-order valence-electron chi connectivity index (χ4n) is 4.99. The molecule has 0 N–H and O–H groups in total. The summed E-state index contributed by atoms with van der Waals surface area (Å²) in [4.78, 5) is 44.5. The fourth-order valence-corrected chi connectivity index (χ4v) is 6.20. The second-order valence-electron chi connectivity index (χ2n) is 10.3. The molecule has 0 bridgehead atoms. The molecule has 2 saturated carbocycles. The van der Waals surface area contributed by atoms with Crippen LogP contribution in [0.3, 0.4) is 0 Å². The van der Waals surface area contributed by atoms with Gasteiger partial charge in [-0.15, -0.1) is 11.3 Å². The number of hydrogen-bond donors (Lipinski definition) is 0. The van der Waals surface area contributed by atoms with Crippen molar-refractivity contribution < 1.29 is 14.3 Å². The van der Waals surface area contributed by atoms with Crippen molar-refractivity contribution in [3.8, 4) is 0 Å². The lowest BCUT2D eigenvalue weighted by molar-refractivity contribution is -0.152. The summed E-state index contributed by atoms with van der Waals surface area (Å²) in [5, 5.41) is 0.559. The van der Waals surface area contributed by atoms with Gasteiger partial charge in [0, 0.05) is 19.4 Å². The number of fused-ring (bicyclic) bond motifs is 1. The third kappa shape index (κ3) is 4.57. The minimum absolute atomic E-state index is 0.0351. The second-order valence-corrected chi connectivity index (χ2v) is 11.4. The number of esters is 1. The summed E-state index contributed by atoms with van der Waals surface area (Å²) in [6.07, 6.45) is 7.07. The molecule has 0 saturated heterocycles. The van der Waals surface area contributed by atoms with E-state index in [-0.39, 0.29) is 23.8 Å². The van der Waals surface area contributed by atoms with Gasteiger partial charge in [0.05, 0.1) is 23.4 Å². The van der Waals surface area contributed by atoms with Gasteiger partial charge in [0.25, 0.3) is 5.56 Å². The van der Waals surface area contributed by atoms with Crippen LogP contribution in [0, 0.1) is 12.3 Å². The van der Waals surface area contributed by atoms with Crippen LogP contribution in [0.15, 0.2) is 14.6 Å². The molecule has 0 aromatic carbocycles. The van der Waals surface area contributed by atoms with E-state index in [2.05, 4.69) is 4.99 Å². The van der Waals surface area contributed by atoms with Gasteiger partial charge in [-0.25, -0.2) is 4.79 Å². The Kier molecular flexibility index (Phi) is 6.39. The predicted molar refractivity (Wildman–Crippen MR) is 130 cm³/mol. The summed E-state index contributed by atoms with van der Waals surface area (Å²) in [6, 6.07) is -0.0351. The van der Waals surface area contributed by atoms with Crippen molar-refractivity contribution in [2.24, 2.45) is 10.4 Å². The zero-order valence-corrected chi connectivity index (χ0v) is 20.9. The van der Waals surface area contributed by atoms with E-state index >= 15 is 0 Å². The molecule has 8 nitrogen and oxygen atoms in total. The van der Waals surface area contributed by atoms with E-state index in [0.717, 1.165) is 23.3 Å². The lowest BCUT2D eigenvalue weighted by Gasteiger charge is -2.54. The van der Waals surface area contributed by atoms with E-state index in [0.29, 0.717) is 28.8 Å². The van der Waals surface area contributed by atoms with Gasteiger partial charge >= 0.3 is 11.7 Å². The van der Waals surface area contributed by atoms with Gasteiger partial charge in [0.15, 0.2) is 0 Å². The molecule has 2 fully saturated rings. The summed E-state index contributed by atoms with van der Waals surface area (Å²) in [5.41, 5.74) is 0.0879. The highest BCUT2D eigenvalue weighted by molar-refractivity contribution is 7.20. The molecule has 2 aliphatic rings. The molecule has 9 heteroatoms. The van der Waals surface area contributed by atoms with Crippen LogP contribution in [0.5, 0.6) is 0 Å². The predicted octanol–water partition coefficient (Wildman–Crippen LogP) is 3.45. The highest BCUT2D eigenvalue weighted by Gasteiger charge is 2.49. The average Bonchev–Trinajstić information content (AvgIpc) is 2.97. The Labute approximate surface area is 197 Å². The third-order valence-corrected chi connectivity index (χ3v) is 8.01. The van der Waals surface area contributed by atoms with Crippen LogP contribution in [0.4, 0.5) is 0 Å². The maximum atomic E-state index is 13.5. The Morgan fingerprint density at radius 3 is 2.55 bits per heavy atom. The molecule has 2 aliphatic carbocycles. The Morgan fingerprint density at radius 1 is 1.27 bits per heavy atom. The summed E-state index contributed by atoms with van der Waals surface area (Å²) in [7, 11) is 1.60. The molecule has 4 rings (SSSR count). The smallest absolute Gasteiger partial charge is 0.332 e. The number of thiophene rings is 1. The highest BCUT2D eigenvalue weighted by Crippen LogP contribution is 2.59. The van der Waals surface area contributed by atoms with E-state index < -0.39 is 11.6 Å². The normalized spacial score (nSPS) is 18.1. The minimum Gasteiger partial charge on any atom is -0.459 e. The first-order chi connectivity index (χ1) is 15.6. The van der Waals surface area contributed by atoms with Crippen LogP contribution in [-0.2, 0) is 20.8 Å². The van der Waals surface area contributed by atoms with Gasteiger partial charge in [-0.1, -0.05) is 6.42 Å². The van der Waals surface area contributed by atoms with Crippen molar-refractivity contribution in [1.29, 1.82) is 0 Å². The van der Waals surface area contributed by atoms with Crippen LogP contribution < -0.4 is 11.2 Å². The zero-order chi connectivity index (χ0) is 24.0. The first-order valence-electron chi connectivity index (χ1n) is 11.5. The maximum Gasteiger partial charge on any atom is 0.332 e. The van der Waals surface area contributed by atoms with E-state index in [4.69, 9.17) is 9.47 Å². The molecular formula is C24H33N3O5S. The fraction of sp³-hybridized carbons (Fsp3) is 0.667. The van der Waals surface area contributed by atoms with Crippen LogP contribution in [0.25, 0.3) is 10.2 Å². The molecule has 0 atom stereocenters. The van der Waals surface area contributed by atoms with Crippen molar-refractivity contribution in [3.05, 3.63) is 31.3 Å². The molecule has 0 radical (unpaired) electrons. The summed E-state index contributed by atoms with van der Waals surface area (Å²) in [5.74, 6) is -0.410. The number of ether oxygens (including phenoxy) is 2. The molecule has 0 amide bonds. The number of hydrogen-bond acceptors (Lipinski definition) is 7. The largest absolute Gasteiger partial charge is 0.459 e. The SMILES string of the molecule is COCCn1c(=O)n(C2CC3(CCC3)C2)c(=O)c2c(C)c(C=NCC(=O)OC(C)(C)C)sc21. The van der Waals surface area contributed by atoms with Crippen LogP contribution in [0.1, 0.15) is 69.4 Å². The number of aryl methyl sites for hydroxylation is 1. The summed E-state index contributed by atoms with van der Waals surface area (Å²) < 4.78 is 13.7. The number of rotatable bonds is 7. The highest BCUT2D eigenvalue weighted by atomic mass is 32.1. The number of methoxy groups -OCH3 is 1. The van der Waals surface area contributed by atoms with Crippen molar-refractivity contribution in [1.82, 2.24) is 9.13 Å². The van der Waals surface area contributed by atoms with Gasteiger partial charge in [0.2, 0.25) is 0 Å². The van der Waals surface area contributed by atoms with E-state index in [1.165, 1.54) is 35.2 Å². The quantitative estimate of drug-likeness (QED) is 0.452. The van der Waals surface area contributed by atoms with Gasteiger partial charge in [0.1, 0.15) is 17.0 Å². The molecule has 2 aromatic heterocycles. The number of carbonyl (C=O) groups is 1. The molecule has 2 aromatic rings. The van der Waals surface area contributed by atoms with E-state index in [1.807, 2.05) is 27.7 Å². The lowest BCUT2D eigenvalue weighted by Crippen LogP contribution is -2.51. The molecule has 0 aliphatic heterocycles. The monoisotopic (exact) mass is 475 g/mol. The van der Waals surface area contributed by atoms with E-state index in [1.54, 1.807) is 17.9 Å². The Balaban J connectivity index is 1.70. The Morgan fingerprint density at radius 2 is 1.97 bits per heavy atom. The number of aromatic nitrogens is 2. The Bertz CT molecular complexity index is 1200. The number of aliphatic imine (C=N–C) groups is 1. The van der Waals surface area contributed by atoms with Gasteiger partial charge in [-0.3, -0.25) is 23.7 Å². The number of nitrogens with zero attached hydrogens (tertiary/aromatic N) is 3. The van der Waals surface area contributed by atoms with Crippen LogP contribution in [-0.4, -0.2) is 47.2 Å². The van der Waals surface area contributed by atoms with Gasteiger partial charge in [-0.05, 0) is 64.4 Å². The maximum absolute atomic E-state index is 13.5. The van der Waals surface area contributed by atoms with Crippen molar-refractivity contribution in [2.45, 2.75) is 78.0 Å². The zero-order valence-electron chi connectivity index (χ0n) is 20.1. The van der Waals surface area contributed by atoms with E-state index in [9.17, 15) is 14.4 Å². The van der Waals surface area contributed by atoms with Crippen molar-refractivity contribution in [3.63, 3.8) is 0 Å². The first kappa shape index (κ1) is 23.9. The Hall–Kier alpha value is -2.26. The first-order valence-corrected chi connectivity index (χ1v) is 12.4. The van der Waals surface area contributed by atoms with Crippen molar-refractivity contribution >= 4 is 33.7 Å². The molecule has 33 heavy (non-hydrogen) atoms. The van der Waals surface area contributed by atoms with Crippen LogP contribution in [0.2, 0.25) is 0 Å². The molecule has 2 heterocycles. The topological polar surface area (TPSA) is 91.9 Å². The summed E-state index contributed by atoms with van der Waals surface area (Å²) >= 11 is 1.35. The van der Waals surface area contributed by atoms with Crippen LogP contribution >= 0.6 is 11.3 Å². The van der Waals surface area contributed by atoms with Gasteiger partial charge in [-0.2, -0.15) is 0 Å². The molecule has 0 unspecified atom stereocenters. The summed E-state index contributed by atoms with van der Waals surface area (Å²) in [6.45, 7) is 7.95. The number of carbonyl (C=O) groups excluding carboxylic acids is 1. The second kappa shape index (κ2) is 8.83. The third-order valence-electron chi connectivity index (χ3n) is 6.76. The van der Waals surface area contributed by atoms with Gasteiger partial charge < -0.3 is 9.47 Å². The molecule has 180 valence electrons. The lowest BCUT2D eigenvalue weighted by atomic mass is 9.54. The minimum atomic E-state index is -0.567. The van der Waals surface area contributed by atoms with Crippen molar-refractivity contribution in [2.75, 3.05) is 20.3 Å².